The Morgan fingerprint density at radius 1 is 1.21 bits per heavy atom. The van der Waals surface area contributed by atoms with Gasteiger partial charge >= 0.3 is 0 Å². The van der Waals surface area contributed by atoms with Crippen molar-refractivity contribution in [1.82, 2.24) is 14.9 Å². The van der Waals surface area contributed by atoms with Gasteiger partial charge in [-0.3, -0.25) is 4.90 Å². The highest BCUT2D eigenvalue weighted by molar-refractivity contribution is 5.32. The van der Waals surface area contributed by atoms with E-state index in [4.69, 9.17) is 9.47 Å². The lowest BCUT2D eigenvalue weighted by atomic mass is 10.4. The maximum Gasteiger partial charge on any atom is 0.228 e. The van der Waals surface area contributed by atoms with Crippen LogP contribution in [0.2, 0.25) is 0 Å². The van der Waals surface area contributed by atoms with Crippen LogP contribution in [0, 0.1) is 0 Å². The Hall–Kier alpha value is -1.40. The summed E-state index contributed by atoms with van der Waals surface area (Å²) in [4.78, 5) is 13.4. The third-order valence-electron chi connectivity index (χ3n) is 3.31. The fraction of sp³-hybridized carbons (Fsp3) is 0.692. The third-order valence-corrected chi connectivity index (χ3v) is 3.31. The minimum absolute atomic E-state index is 0.616. The van der Waals surface area contributed by atoms with Crippen molar-refractivity contribution in [3.63, 3.8) is 0 Å². The third kappa shape index (κ3) is 4.04. The van der Waals surface area contributed by atoms with Crippen molar-refractivity contribution >= 4 is 5.95 Å². The van der Waals surface area contributed by atoms with Crippen molar-refractivity contribution < 1.29 is 9.47 Å². The zero-order valence-electron chi connectivity index (χ0n) is 11.7. The highest BCUT2D eigenvalue weighted by atomic mass is 16.5. The summed E-state index contributed by atoms with van der Waals surface area (Å²) in [5.41, 5.74) is 0. The topological polar surface area (TPSA) is 50.7 Å². The average molecular weight is 266 g/mol. The molecule has 0 spiro atoms. The highest BCUT2D eigenvalue weighted by Crippen LogP contribution is 2.14. The van der Waals surface area contributed by atoms with Gasteiger partial charge in [0.25, 0.3) is 0 Å². The maximum atomic E-state index is 5.15. The van der Waals surface area contributed by atoms with E-state index in [1.807, 2.05) is 0 Å². The van der Waals surface area contributed by atoms with E-state index in [0.717, 1.165) is 51.7 Å². The van der Waals surface area contributed by atoms with Gasteiger partial charge in [-0.2, -0.15) is 4.98 Å². The van der Waals surface area contributed by atoms with E-state index in [9.17, 15) is 0 Å². The van der Waals surface area contributed by atoms with E-state index in [2.05, 4.69) is 19.8 Å². The quantitative estimate of drug-likeness (QED) is 0.780. The van der Waals surface area contributed by atoms with E-state index >= 15 is 0 Å². The van der Waals surface area contributed by atoms with Crippen LogP contribution >= 0.6 is 0 Å². The fourth-order valence-corrected chi connectivity index (χ4v) is 2.21. The van der Waals surface area contributed by atoms with Crippen LogP contribution in [0.25, 0.3) is 0 Å². The average Bonchev–Trinajstić information content (AvgIpc) is 2.70. The lowest BCUT2D eigenvalue weighted by Gasteiger charge is -2.21. The molecule has 106 valence electrons. The van der Waals surface area contributed by atoms with Crippen molar-refractivity contribution in [2.45, 2.75) is 6.42 Å². The monoisotopic (exact) mass is 266 g/mol. The van der Waals surface area contributed by atoms with E-state index in [0.29, 0.717) is 5.88 Å². The molecule has 6 nitrogen and oxygen atoms in total. The standard InChI is InChI=1S/C13H22N4O2/c1-18-11-10-16-6-3-7-17(9-8-16)13-14-5-4-12(15-13)19-2/h4-5H,3,6-11H2,1-2H3. The van der Waals surface area contributed by atoms with Gasteiger partial charge in [-0.1, -0.05) is 0 Å². The highest BCUT2D eigenvalue weighted by Gasteiger charge is 2.16. The molecule has 1 aromatic rings. The van der Waals surface area contributed by atoms with Crippen LogP contribution in [0.3, 0.4) is 0 Å². The zero-order valence-corrected chi connectivity index (χ0v) is 11.7. The molecule has 0 saturated carbocycles. The van der Waals surface area contributed by atoms with Crippen molar-refractivity contribution in [3.05, 3.63) is 12.3 Å². The Labute approximate surface area is 114 Å². The molecule has 0 unspecified atom stereocenters. The summed E-state index contributed by atoms with van der Waals surface area (Å²) in [5.74, 6) is 1.37. The SMILES string of the molecule is COCCN1CCCN(c2nccc(OC)n2)CC1. The predicted molar refractivity (Wildman–Crippen MR) is 73.7 cm³/mol. The number of methoxy groups -OCH3 is 2. The van der Waals surface area contributed by atoms with Gasteiger partial charge in [0.1, 0.15) is 0 Å². The minimum atomic E-state index is 0.616. The van der Waals surface area contributed by atoms with E-state index in [1.165, 1.54) is 0 Å². The summed E-state index contributed by atoms with van der Waals surface area (Å²) in [7, 11) is 3.37. The molecule has 0 amide bonds. The lowest BCUT2D eigenvalue weighted by molar-refractivity contribution is 0.152. The number of hydrogen-bond acceptors (Lipinski definition) is 6. The first-order valence-corrected chi connectivity index (χ1v) is 6.67. The Morgan fingerprint density at radius 2 is 2.11 bits per heavy atom. The van der Waals surface area contributed by atoms with Gasteiger partial charge in [-0.25, -0.2) is 4.98 Å². The molecular formula is C13H22N4O2. The summed E-state index contributed by atoms with van der Waals surface area (Å²) in [5, 5.41) is 0. The van der Waals surface area contributed by atoms with Crippen LogP contribution in [0.1, 0.15) is 6.42 Å². The van der Waals surface area contributed by atoms with Gasteiger partial charge in [0, 0.05) is 45.6 Å². The first kappa shape index (κ1) is 14.0. The molecule has 1 aromatic heterocycles. The Kier molecular flexibility index (Phi) is 5.35. The van der Waals surface area contributed by atoms with Crippen molar-refractivity contribution in [2.24, 2.45) is 0 Å². The molecule has 0 aliphatic carbocycles. The van der Waals surface area contributed by atoms with E-state index in [-0.39, 0.29) is 0 Å². The number of nitrogens with zero attached hydrogens (tertiary/aromatic N) is 4. The molecule has 0 atom stereocenters. The van der Waals surface area contributed by atoms with E-state index in [1.54, 1.807) is 26.5 Å². The van der Waals surface area contributed by atoms with Crippen LogP contribution in [0.4, 0.5) is 5.95 Å². The predicted octanol–water partition coefficient (Wildman–Crippen LogP) is 0.644. The second-order valence-electron chi connectivity index (χ2n) is 4.57. The Morgan fingerprint density at radius 3 is 2.89 bits per heavy atom. The molecular weight excluding hydrogens is 244 g/mol. The first-order chi connectivity index (χ1) is 9.33. The lowest BCUT2D eigenvalue weighted by Crippen LogP contribution is -2.33. The maximum absolute atomic E-state index is 5.15. The molecule has 1 fully saturated rings. The van der Waals surface area contributed by atoms with Gasteiger partial charge in [-0.05, 0) is 13.0 Å². The molecule has 0 radical (unpaired) electrons. The van der Waals surface area contributed by atoms with Gasteiger partial charge in [0.2, 0.25) is 11.8 Å². The smallest absolute Gasteiger partial charge is 0.228 e. The van der Waals surface area contributed by atoms with Crippen LogP contribution < -0.4 is 9.64 Å². The van der Waals surface area contributed by atoms with Gasteiger partial charge in [0.05, 0.1) is 13.7 Å². The summed E-state index contributed by atoms with van der Waals surface area (Å²) in [6.07, 6.45) is 2.86. The van der Waals surface area contributed by atoms with Crippen molar-refractivity contribution in [1.29, 1.82) is 0 Å². The normalized spacial score (nSPS) is 17.3. The van der Waals surface area contributed by atoms with Crippen LogP contribution in [0.15, 0.2) is 12.3 Å². The Bertz CT molecular complexity index is 389. The number of aromatic nitrogens is 2. The van der Waals surface area contributed by atoms with Gasteiger partial charge in [0.15, 0.2) is 0 Å². The minimum Gasteiger partial charge on any atom is -0.481 e. The van der Waals surface area contributed by atoms with Crippen LogP contribution in [-0.4, -0.2) is 68.4 Å². The van der Waals surface area contributed by atoms with Gasteiger partial charge in [-0.15, -0.1) is 0 Å². The number of rotatable bonds is 5. The van der Waals surface area contributed by atoms with Gasteiger partial charge < -0.3 is 14.4 Å². The summed E-state index contributed by atoms with van der Waals surface area (Å²) >= 11 is 0. The first-order valence-electron chi connectivity index (χ1n) is 6.67. The molecule has 6 heteroatoms. The number of anilines is 1. The number of ether oxygens (including phenoxy) is 2. The summed E-state index contributed by atoms with van der Waals surface area (Å²) in [6.45, 7) is 5.82. The zero-order chi connectivity index (χ0) is 13.5. The van der Waals surface area contributed by atoms with Crippen molar-refractivity contribution in [2.75, 3.05) is 58.5 Å². The van der Waals surface area contributed by atoms with Crippen molar-refractivity contribution in [3.8, 4) is 5.88 Å². The molecule has 1 saturated heterocycles. The van der Waals surface area contributed by atoms with Crippen LogP contribution in [0.5, 0.6) is 5.88 Å². The molecule has 1 aliphatic heterocycles. The Balaban J connectivity index is 1.94. The molecule has 0 N–H and O–H groups in total. The molecule has 0 bridgehead atoms. The molecule has 0 aromatic carbocycles. The van der Waals surface area contributed by atoms with E-state index < -0.39 is 0 Å². The van der Waals surface area contributed by atoms with Crippen LogP contribution in [-0.2, 0) is 4.74 Å². The summed E-state index contributed by atoms with van der Waals surface area (Å²) in [6, 6.07) is 1.77. The fourth-order valence-electron chi connectivity index (χ4n) is 2.21. The molecule has 19 heavy (non-hydrogen) atoms. The second-order valence-corrected chi connectivity index (χ2v) is 4.57. The molecule has 1 aliphatic rings. The number of hydrogen-bond donors (Lipinski definition) is 0. The largest absolute Gasteiger partial charge is 0.481 e. The molecule has 2 rings (SSSR count). The molecule has 2 heterocycles. The summed E-state index contributed by atoms with van der Waals surface area (Å²) < 4.78 is 10.3. The second kappa shape index (κ2) is 7.25.